The van der Waals surface area contributed by atoms with Gasteiger partial charge in [-0.2, -0.15) is 4.37 Å². The molecule has 0 aliphatic rings. The predicted molar refractivity (Wildman–Crippen MR) is 50.4 cm³/mol. The lowest BCUT2D eigenvalue weighted by atomic mass is 10.2. The number of ether oxygens (including phenoxy) is 1. The summed E-state index contributed by atoms with van der Waals surface area (Å²) in [5, 5.41) is 0. The highest BCUT2D eigenvalue weighted by molar-refractivity contribution is 7.05. The molecule has 1 aromatic rings. The molecule has 13 heavy (non-hydrogen) atoms. The van der Waals surface area contributed by atoms with E-state index in [1.807, 2.05) is 13.0 Å². The second kappa shape index (κ2) is 4.34. The number of aryl methyl sites for hydroxylation is 1. The fraction of sp³-hybridized carbons (Fsp3) is 0.500. The molecular formula is C8H12N2O2S. The van der Waals surface area contributed by atoms with Gasteiger partial charge in [-0.05, 0) is 24.5 Å². The Morgan fingerprint density at radius 3 is 3.00 bits per heavy atom. The summed E-state index contributed by atoms with van der Waals surface area (Å²) in [4.78, 5) is 11.8. The Bertz CT molecular complexity index is 298. The monoisotopic (exact) mass is 200 g/mol. The van der Waals surface area contributed by atoms with Crippen LogP contribution in [0.2, 0.25) is 0 Å². The van der Waals surface area contributed by atoms with Crippen molar-refractivity contribution in [2.24, 2.45) is 5.73 Å². The number of nitrogens with zero attached hydrogens (tertiary/aromatic N) is 1. The van der Waals surface area contributed by atoms with E-state index in [-0.39, 0.29) is 18.4 Å². The number of rotatable bonds is 3. The van der Waals surface area contributed by atoms with Crippen molar-refractivity contribution < 1.29 is 9.53 Å². The summed E-state index contributed by atoms with van der Waals surface area (Å²) in [7, 11) is 1.35. The van der Waals surface area contributed by atoms with Crippen molar-refractivity contribution in [3.05, 3.63) is 16.6 Å². The van der Waals surface area contributed by atoms with Crippen LogP contribution in [0.5, 0.6) is 0 Å². The minimum absolute atomic E-state index is 0.206. The SMILES string of the molecule is COC(=O)C[C@H](N)c1cc(C)ns1. The number of hydrogen-bond acceptors (Lipinski definition) is 5. The average Bonchev–Trinajstić information content (AvgIpc) is 2.51. The van der Waals surface area contributed by atoms with Crippen LogP contribution < -0.4 is 5.73 Å². The third kappa shape index (κ3) is 2.78. The van der Waals surface area contributed by atoms with Gasteiger partial charge in [0.15, 0.2) is 0 Å². The van der Waals surface area contributed by atoms with Crippen LogP contribution in [-0.2, 0) is 9.53 Å². The second-order valence-corrected chi connectivity index (χ2v) is 3.59. The lowest BCUT2D eigenvalue weighted by molar-refractivity contribution is -0.141. The van der Waals surface area contributed by atoms with Crippen molar-refractivity contribution in [1.82, 2.24) is 4.37 Å². The zero-order valence-corrected chi connectivity index (χ0v) is 8.43. The Labute approximate surface area is 80.9 Å². The molecule has 0 unspecified atom stereocenters. The number of aromatic nitrogens is 1. The molecule has 1 heterocycles. The zero-order valence-electron chi connectivity index (χ0n) is 7.61. The maximum Gasteiger partial charge on any atom is 0.307 e. The number of esters is 1. The third-order valence-corrected chi connectivity index (χ3v) is 2.64. The van der Waals surface area contributed by atoms with Gasteiger partial charge in [0.1, 0.15) is 0 Å². The topological polar surface area (TPSA) is 65.2 Å². The van der Waals surface area contributed by atoms with Crippen LogP contribution in [0.25, 0.3) is 0 Å². The molecule has 72 valence electrons. The second-order valence-electron chi connectivity index (χ2n) is 2.76. The molecular weight excluding hydrogens is 188 g/mol. The Kier molecular flexibility index (Phi) is 3.39. The lowest BCUT2D eigenvalue weighted by Crippen LogP contribution is -2.15. The van der Waals surface area contributed by atoms with Gasteiger partial charge in [0.2, 0.25) is 0 Å². The first-order valence-electron chi connectivity index (χ1n) is 3.89. The van der Waals surface area contributed by atoms with Gasteiger partial charge in [0.05, 0.1) is 25.3 Å². The van der Waals surface area contributed by atoms with E-state index in [1.54, 1.807) is 0 Å². The standard InChI is InChI=1S/C8H12N2O2S/c1-5-3-7(13-10-5)6(9)4-8(11)12-2/h3,6H,4,9H2,1-2H3/t6-/m0/s1. The lowest BCUT2D eigenvalue weighted by Gasteiger charge is -2.05. The summed E-state index contributed by atoms with van der Waals surface area (Å²) in [5.74, 6) is -0.293. The average molecular weight is 200 g/mol. The first-order valence-corrected chi connectivity index (χ1v) is 4.66. The minimum Gasteiger partial charge on any atom is -0.469 e. The van der Waals surface area contributed by atoms with Gasteiger partial charge in [-0.3, -0.25) is 4.79 Å². The summed E-state index contributed by atoms with van der Waals surface area (Å²) in [5.41, 5.74) is 6.69. The van der Waals surface area contributed by atoms with E-state index in [0.717, 1.165) is 10.6 Å². The Hall–Kier alpha value is -0.940. The molecule has 2 N–H and O–H groups in total. The summed E-state index contributed by atoms with van der Waals surface area (Å²) >= 11 is 1.33. The molecule has 0 saturated carbocycles. The summed E-state index contributed by atoms with van der Waals surface area (Å²) in [6, 6.07) is 1.59. The van der Waals surface area contributed by atoms with Crippen LogP contribution in [0.15, 0.2) is 6.07 Å². The highest BCUT2D eigenvalue weighted by Crippen LogP contribution is 2.19. The fourth-order valence-corrected chi connectivity index (χ4v) is 1.67. The van der Waals surface area contributed by atoms with Crippen LogP contribution in [0.1, 0.15) is 23.0 Å². The quantitative estimate of drug-likeness (QED) is 0.740. The van der Waals surface area contributed by atoms with Crippen molar-refractivity contribution in [2.75, 3.05) is 7.11 Å². The van der Waals surface area contributed by atoms with Crippen molar-refractivity contribution in [3.63, 3.8) is 0 Å². The molecule has 5 heteroatoms. The predicted octanol–water partition coefficient (Wildman–Crippen LogP) is 1.01. The van der Waals surface area contributed by atoms with Gasteiger partial charge in [-0.1, -0.05) is 0 Å². The van der Waals surface area contributed by atoms with Gasteiger partial charge in [0, 0.05) is 4.88 Å². The fourth-order valence-electron chi connectivity index (χ4n) is 0.922. The highest BCUT2D eigenvalue weighted by Gasteiger charge is 2.13. The van der Waals surface area contributed by atoms with E-state index in [1.165, 1.54) is 18.6 Å². The minimum atomic E-state index is -0.293. The molecule has 1 atom stereocenters. The van der Waals surface area contributed by atoms with Gasteiger partial charge in [0.25, 0.3) is 0 Å². The third-order valence-electron chi connectivity index (χ3n) is 1.63. The Morgan fingerprint density at radius 2 is 2.54 bits per heavy atom. The molecule has 4 nitrogen and oxygen atoms in total. The van der Waals surface area contributed by atoms with Crippen LogP contribution in [0, 0.1) is 6.92 Å². The van der Waals surface area contributed by atoms with E-state index in [4.69, 9.17) is 5.73 Å². The molecule has 0 aliphatic heterocycles. The van der Waals surface area contributed by atoms with Gasteiger partial charge in [-0.25, -0.2) is 0 Å². The molecule has 0 bridgehead atoms. The van der Waals surface area contributed by atoms with Crippen molar-refractivity contribution in [2.45, 2.75) is 19.4 Å². The van der Waals surface area contributed by atoms with Gasteiger partial charge < -0.3 is 10.5 Å². The molecule has 0 amide bonds. The normalized spacial score (nSPS) is 12.5. The van der Waals surface area contributed by atoms with Gasteiger partial charge in [-0.15, -0.1) is 0 Å². The maximum absolute atomic E-state index is 10.9. The zero-order chi connectivity index (χ0) is 9.84. The van der Waals surface area contributed by atoms with Crippen LogP contribution in [0.3, 0.4) is 0 Å². The Morgan fingerprint density at radius 1 is 1.85 bits per heavy atom. The van der Waals surface area contributed by atoms with Crippen molar-refractivity contribution in [1.29, 1.82) is 0 Å². The summed E-state index contributed by atoms with van der Waals surface area (Å²) in [6.07, 6.45) is 0.206. The highest BCUT2D eigenvalue weighted by atomic mass is 32.1. The van der Waals surface area contributed by atoms with Crippen LogP contribution in [0.4, 0.5) is 0 Å². The van der Waals surface area contributed by atoms with Gasteiger partial charge >= 0.3 is 5.97 Å². The first-order chi connectivity index (χ1) is 6.13. The number of carbonyl (C=O) groups excluding carboxylic acids is 1. The smallest absolute Gasteiger partial charge is 0.307 e. The molecule has 0 aliphatic carbocycles. The van der Waals surface area contributed by atoms with Crippen LogP contribution >= 0.6 is 11.5 Å². The van der Waals surface area contributed by atoms with E-state index in [2.05, 4.69) is 9.11 Å². The maximum atomic E-state index is 10.9. The summed E-state index contributed by atoms with van der Waals surface area (Å²) < 4.78 is 8.59. The first kappa shape index (κ1) is 10.1. The number of hydrogen-bond donors (Lipinski definition) is 1. The molecule has 0 radical (unpaired) electrons. The van der Waals surface area contributed by atoms with E-state index in [9.17, 15) is 4.79 Å². The number of methoxy groups -OCH3 is 1. The van der Waals surface area contributed by atoms with E-state index >= 15 is 0 Å². The molecule has 0 aromatic carbocycles. The molecule has 1 rings (SSSR count). The Balaban J connectivity index is 2.58. The van der Waals surface area contributed by atoms with E-state index in [0.29, 0.717) is 0 Å². The van der Waals surface area contributed by atoms with Crippen molar-refractivity contribution >= 4 is 17.5 Å². The molecule has 0 fully saturated rings. The molecule has 1 aromatic heterocycles. The van der Waals surface area contributed by atoms with Crippen molar-refractivity contribution in [3.8, 4) is 0 Å². The van der Waals surface area contributed by atoms with E-state index < -0.39 is 0 Å². The molecule has 0 saturated heterocycles. The number of nitrogens with two attached hydrogens (primary N) is 1. The summed E-state index contributed by atoms with van der Waals surface area (Å²) in [6.45, 7) is 1.89. The number of carbonyl (C=O) groups is 1. The van der Waals surface area contributed by atoms with Crippen LogP contribution in [-0.4, -0.2) is 17.5 Å². The largest absolute Gasteiger partial charge is 0.469 e. The molecule has 0 spiro atoms.